The van der Waals surface area contributed by atoms with Crippen molar-refractivity contribution in [3.63, 3.8) is 0 Å². The first-order valence-corrected chi connectivity index (χ1v) is 11.0. The minimum Gasteiger partial charge on any atom is -0.326 e. The number of thioether (sulfide) groups is 1. The third-order valence-corrected chi connectivity index (χ3v) is 6.12. The predicted molar refractivity (Wildman–Crippen MR) is 115 cm³/mol. The van der Waals surface area contributed by atoms with Gasteiger partial charge >= 0.3 is 0 Å². The number of carbonyl (C=O) groups is 2. The van der Waals surface area contributed by atoms with Crippen molar-refractivity contribution in [3.8, 4) is 0 Å². The van der Waals surface area contributed by atoms with E-state index in [-0.39, 0.29) is 29.8 Å². The van der Waals surface area contributed by atoms with E-state index >= 15 is 0 Å². The Bertz CT molecular complexity index is 1030. The molecule has 3 rings (SSSR count). The second-order valence-corrected chi connectivity index (χ2v) is 8.52. The van der Waals surface area contributed by atoms with Crippen LogP contribution in [0.1, 0.15) is 23.3 Å². The van der Waals surface area contributed by atoms with E-state index in [4.69, 9.17) is 0 Å². The summed E-state index contributed by atoms with van der Waals surface area (Å²) in [5.41, 5.74) is 1.40. The van der Waals surface area contributed by atoms with Gasteiger partial charge in [-0.05, 0) is 45.0 Å². The van der Waals surface area contributed by atoms with Crippen molar-refractivity contribution in [1.82, 2.24) is 19.7 Å². The molecule has 8 nitrogen and oxygen atoms in total. The number of benzene rings is 1. The molecule has 2 amide bonds. The normalized spacial score (nSPS) is 10.8. The summed E-state index contributed by atoms with van der Waals surface area (Å²) in [4.78, 5) is 29.8. The van der Waals surface area contributed by atoms with Crippen molar-refractivity contribution >= 4 is 45.7 Å². The van der Waals surface area contributed by atoms with Crippen LogP contribution in [-0.4, -0.2) is 37.3 Å². The standard InChI is InChI=1S/C19H21FN6O2S2/c1-4-26-15(9-16(27)22-14-7-5-13(20)6-8-14)24-25-19(26)29-10-17(28)23-18-21-11(2)12(3)30-18/h5-8H,4,9-10H2,1-3H3,(H,22,27)(H,21,23,28). The molecule has 0 bridgehead atoms. The maximum absolute atomic E-state index is 13.0. The molecule has 0 spiro atoms. The number of carbonyl (C=O) groups excluding carboxylic acids is 2. The van der Waals surface area contributed by atoms with Crippen molar-refractivity contribution in [2.24, 2.45) is 0 Å². The summed E-state index contributed by atoms with van der Waals surface area (Å²) < 4.78 is 14.8. The number of nitrogens with zero attached hydrogens (tertiary/aromatic N) is 4. The van der Waals surface area contributed by atoms with Gasteiger partial charge in [-0.1, -0.05) is 11.8 Å². The number of amides is 2. The molecule has 0 saturated heterocycles. The Labute approximate surface area is 181 Å². The van der Waals surface area contributed by atoms with Gasteiger partial charge in [0.05, 0.1) is 17.9 Å². The Kier molecular flexibility index (Phi) is 7.16. The van der Waals surface area contributed by atoms with Crippen molar-refractivity contribution in [2.75, 3.05) is 16.4 Å². The van der Waals surface area contributed by atoms with Crippen LogP contribution < -0.4 is 10.6 Å². The fourth-order valence-corrected chi connectivity index (χ4v) is 4.22. The number of aromatic nitrogens is 4. The maximum atomic E-state index is 13.0. The van der Waals surface area contributed by atoms with Gasteiger partial charge in [-0.15, -0.1) is 21.5 Å². The highest BCUT2D eigenvalue weighted by molar-refractivity contribution is 7.99. The van der Waals surface area contributed by atoms with E-state index in [1.165, 1.54) is 47.4 Å². The monoisotopic (exact) mass is 448 g/mol. The largest absolute Gasteiger partial charge is 0.326 e. The molecule has 0 unspecified atom stereocenters. The molecule has 30 heavy (non-hydrogen) atoms. The van der Waals surface area contributed by atoms with E-state index in [1.807, 2.05) is 20.8 Å². The van der Waals surface area contributed by atoms with Crippen LogP contribution in [0.25, 0.3) is 0 Å². The third-order valence-electron chi connectivity index (χ3n) is 4.16. The van der Waals surface area contributed by atoms with Crippen LogP contribution in [0.4, 0.5) is 15.2 Å². The highest BCUT2D eigenvalue weighted by Gasteiger charge is 2.16. The zero-order valence-corrected chi connectivity index (χ0v) is 18.4. The van der Waals surface area contributed by atoms with Gasteiger partial charge in [0.2, 0.25) is 11.8 Å². The summed E-state index contributed by atoms with van der Waals surface area (Å²) >= 11 is 2.68. The molecule has 11 heteroatoms. The summed E-state index contributed by atoms with van der Waals surface area (Å²) in [5, 5.41) is 14.8. The molecular weight excluding hydrogens is 427 g/mol. The lowest BCUT2D eigenvalue weighted by atomic mass is 10.3. The predicted octanol–water partition coefficient (Wildman–Crippen LogP) is 3.42. The lowest BCUT2D eigenvalue weighted by molar-refractivity contribution is -0.116. The van der Waals surface area contributed by atoms with E-state index in [9.17, 15) is 14.0 Å². The molecule has 0 fully saturated rings. The first-order valence-electron chi connectivity index (χ1n) is 9.20. The van der Waals surface area contributed by atoms with Crippen LogP contribution in [0.5, 0.6) is 0 Å². The van der Waals surface area contributed by atoms with E-state index < -0.39 is 0 Å². The smallest absolute Gasteiger partial charge is 0.236 e. The number of halogens is 1. The third kappa shape index (κ3) is 5.63. The number of hydrogen-bond acceptors (Lipinski definition) is 7. The van der Waals surface area contributed by atoms with Crippen LogP contribution in [0.15, 0.2) is 29.4 Å². The zero-order chi connectivity index (χ0) is 21.7. The molecule has 2 heterocycles. The topological polar surface area (TPSA) is 102 Å². The maximum Gasteiger partial charge on any atom is 0.236 e. The van der Waals surface area contributed by atoms with Crippen LogP contribution in [0, 0.1) is 19.7 Å². The molecule has 158 valence electrons. The average Bonchev–Trinajstić information content (AvgIpc) is 3.23. The number of anilines is 2. The SMILES string of the molecule is CCn1c(CC(=O)Nc2ccc(F)cc2)nnc1SCC(=O)Nc1nc(C)c(C)s1. The Hall–Kier alpha value is -2.79. The van der Waals surface area contributed by atoms with Crippen molar-refractivity contribution in [2.45, 2.75) is 38.9 Å². The van der Waals surface area contributed by atoms with Crippen LogP contribution >= 0.6 is 23.1 Å². The molecule has 0 atom stereocenters. The minimum atomic E-state index is -0.371. The number of nitrogens with one attached hydrogen (secondary N) is 2. The highest BCUT2D eigenvalue weighted by atomic mass is 32.2. The molecule has 1 aromatic carbocycles. The van der Waals surface area contributed by atoms with Gasteiger partial charge in [-0.25, -0.2) is 9.37 Å². The highest BCUT2D eigenvalue weighted by Crippen LogP contribution is 2.22. The minimum absolute atomic E-state index is 0.0165. The van der Waals surface area contributed by atoms with Gasteiger partial charge < -0.3 is 15.2 Å². The van der Waals surface area contributed by atoms with Crippen molar-refractivity contribution in [3.05, 3.63) is 46.5 Å². The fourth-order valence-electron chi connectivity index (χ4n) is 2.57. The molecule has 0 radical (unpaired) electrons. The van der Waals surface area contributed by atoms with Gasteiger partial charge in [-0.3, -0.25) is 9.59 Å². The number of thiazole rings is 1. The first-order chi connectivity index (χ1) is 14.4. The Balaban J connectivity index is 1.57. The molecule has 0 saturated carbocycles. The lowest BCUT2D eigenvalue weighted by Gasteiger charge is -2.08. The van der Waals surface area contributed by atoms with Crippen molar-refractivity contribution in [1.29, 1.82) is 0 Å². The quantitative estimate of drug-likeness (QED) is 0.512. The van der Waals surface area contributed by atoms with Gasteiger partial charge in [0.1, 0.15) is 11.6 Å². The van der Waals surface area contributed by atoms with Crippen LogP contribution in [-0.2, 0) is 22.6 Å². The second kappa shape index (κ2) is 9.81. The van der Waals surface area contributed by atoms with Gasteiger partial charge in [0.25, 0.3) is 0 Å². The number of hydrogen-bond donors (Lipinski definition) is 2. The van der Waals surface area contributed by atoms with Crippen molar-refractivity contribution < 1.29 is 14.0 Å². The molecule has 0 aliphatic heterocycles. The molecule has 3 aromatic rings. The zero-order valence-electron chi connectivity index (χ0n) is 16.7. The lowest BCUT2D eigenvalue weighted by Crippen LogP contribution is -2.18. The van der Waals surface area contributed by atoms with Gasteiger partial charge in [0.15, 0.2) is 10.3 Å². The second-order valence-electron chi connectivity index (χ2n) is 6.37. The molecular formula is C19H21FN6O2S2. The van der Waals surface area contributed by atoms with Gasteiger partial charge in [-0.2, -0.15) is 0 Å². The summed E-state index contributed by atoms with van der Waals surface area (Å²) in [7, 11) is 0. The summed E-state index contributed by atoms with van der Waals surface area (Å²) in [6, 6.07) is 5.53. The summed E-state index contributed by atoms with van der Waals surface area (Å²) in [6.07, 6.45) is 0.0165. The summed E-state index contributed by atoms with van der Waals surface area (Å²) in [5.74, 6) is -0.198. The van der Waals surface area contributed by atoms with E-state index in [1.54, 1.807) is 4.57 Å². The first kappa shape index (κ1) is 21.9. The molecule has 2 N–H and O–H groups in total. The number of rotatable bonds is 8. The van der Waals surface area contributed by atoms with Crippen LogP contribution in [0.3, 0.4) is 0 Å². The Morgan fingerprint density at radius 2 is 1.87 bits per heavy atom. The van der Waals surface area contributed by atoms with E-state index in [2.05, 4.69) is 25.8 Å². The average molecular weight is 449 g/mol. The van der Waals surface area contributed by atoms with E-state index in [0.717, 1.165) is 10.6 Å². The Morgan fingerprint density at radius 3 is 2.50 bits per heavy atom. The Morgan fingerprint density at radius 1 is 1.13 bits per heavy atom. The number of aryl methyl sites for hydroxylation is 2. The van der Waals surface area contributed by atoms with E-state index in [0.29, 0.717) is 28.3 Å². The summed E-state index contributed by atoms with van der Waals surface area (Å²) in [6.45, 7) is 6.32. The fraction of sp³-hybridized carbons (Fsp3) is 0.316. The molecule has 2 aromatic heterocycles. The van der Waals surface area contributed by atoms with Gasteiger partial charge in [0, 0.05) is 17.1 Å². The molecule has 0 aliphatic rings. The van der Waals surface area contributed by atoms with Crippen LogP contribution in [0.2, 0.25) is 0 Å². The molecule has 0 aliphatic carbocycles.